The van der Waals surface area contributed by atoms with Gasteiger partial charge in [-0.05, 0) is 39.7 Å². The molecule has 0 unspecified atom stereocenters. The van der Waals surface area contributed by atoms with Gasteiger partial charge in [-0.3, -0.25) is 4.79 Å². The second kappa shape index (κ2) is 10.7. The van der Waals surface area contributed by atoms with E-state index in [4.69, 9.17) is 10.3 Å². The Kier molecular flexibility index (Phi) is 10.1. The smallest absolute Gasteiger partial charge is 0.220 e. The van der Waals surface area contributed by atoms with Crippen LogP contribution in [-0.2, 0) is 11.2 Å². The first-order valence-corrected chi connectivity index (χ1v) is 7.03. The topological polar surface area (TPSA) is 81.2 Å². The number of aryl methyl sites for hydroxylation is 2. The van der Waals surface area contributed by atoms with Crippen molar-refractivity contribution in [3.63, 3.8) is 0 Å². The van der Waals surface area contributed by atoms with Crippen LogP contribution in [0.4, 0.5) is 0 Å². The molecule has 0 spiro atoms. The van der Waals surface area contributed by atoms with Gasteiger partial charge in [0.05, 0.1) is 5.69 Å². The first-order valence-electron chi connectivity index (χ1n) is 7.03. The second-order valence-corrected chi connectivity index (χ2v) is 4.86. The molecule has 0 saturated carbocycles. The van der Waals surface area contributed by atoms with Crippen LogP contribution in [0.1, 0.15) is 49.1 Å². The summed E-state index contributed by atoms with van der Waals surface area (Å²) in [7, 11) is 0. The van der Waals surface area contributed by atoms with Gasteiger partial charge in [0.25, 0.3) is 0 Å². The minimum Gasteiger partial charge on any atom is -0.361 e. The van der Waals surface area contributed by atoms with Gasteiger partial charge in [-0.15, -0.1) is 12.4 Å². The summed E-state index contributed by atoms with van der Waals surface area (Å²) in [6.45, 7) is 5.20. The van der Waals surface area contributed by atoms with Crippen LogP contribution < -0.4 is 11.1 Å². The highest BCUT2D eigenvalue weighted by molar-refractivity contribution is 5.85. The molecule has 3 N–H and O–H groups in total. The Morgan fingerprint density at radius 3 is 2.55 bits per heavy atom. The highest BCUT2D eigenvalue weighted by Crippen LogP contribution is 2.12. The van der Waals surface area contributed by atoms with Crippen LogP contribution in [0.3, 0.4) is 0 Å². The Balaban J connectivity index is 0.00000361. The van der Waals surface area contributed by atoms with Gasteiger partial charge >= 0.3 is 0 Å². The van der Waals surface area contributed by atoms with Gasteiger partial charge in [0, 0.05) is 18.5 Å². The number of amides is 1. The lowest BCUT2D eigenvalue weighted by atomic mass is 10.1. The quantitative estimate of drug-likeness (QED) is 0.686. The largest absolute Gasteiger partial charge is 0.361 e. The molecule has 5 nitrogen and oxygen atoms in total. The summed E-state index contributed by atoms with van der Waals surface area (Å²) in [4.78, 5) is 11.6. The average molecular weight is 304 g/mol. The lowest BCUT2D eigenvalue weighted by molar-refractivity contribution is -0.121. The molecule has 1 rings (SSSR count). The molecule has 0 atom stereocenters. The van der Waals surface area contributed by atoms with Crippen LogP contribution in [0, 0.1) is 13.8 Å². The first-order chi connectivity index (χ1) is 9.15. The fourth-order valence-electron chi connectivity index (χ4n) is 2.06. The number of halogens is 1. The van der Waals surface area contributed by atoms with Crippen molar-refractivity contribution in [2.45, 2.75) is 52.4 Å². The third-order valence-electron chi connectivity index (χ3n) is 3.24. The second-order valence-electron chi connectivity index (χ2n) is 4.86. The highest BCUT2D eigenvalue weighted by atomic mass is 35.5. The SMILES string of the molecule is Cc1noc(C)c1CCNC(=O)CCCCCCN.Cl. The van der Waals surface area contributed by atoms with Crippen molar-refractivity contribution < 1.29 is 9.32 Å². The molecular weight excluding hydrogens is 278 g/mol. The Hall–Kier alpha value is -1.07. The van der Waals surface area contributed by atoms with Crippen molar-refractivity contribution in [1.82, 2.24) is 10.5 Å². The predicted octanol–water partition coefficient (Wildman–Crippen LogP) is 2.28. The van der Waals surface area contributed by atoms with Crippen molar-refractivity contribution in [1.29, 1.82) is 0 Å². The van der Waals surface area contributed by atoms with Crippen LogP contribution in [0.15, 0.2) is 4.52 Å². The molecule has 0 aromatic carbocycles. The predicted molar refractivity (Wildman–Crippen MR) is 82.1 cm³/mol. The van der Waals surface area contributed by atoms with E-state index >= 15 is 0 Å². The summed E-state index contributed by atoms with van der Waals surface area (Å²) in [5, 5.41) is 6.83. The minimum absolute atomic E-state index is 0. The lowest BCUT2D eigenvalue weighted by Gasteiger charge is -2.05. The number of nitrogens with two attached hydrogens (primary N) is 1. The zero-order valence-corrected chi connectivity index (χ0v) is 13.2. The van der Waals surface area contributed by atoms with Gasteiger partial charge in [-0.1, -0.05) is 18.0 Å². The van der Waals surface area contributed by atoms with E-state index in [1.54, 1.807) is 0 Å². The maximum absolute atomic E-state index is 11.6. The minimum atomic E-state index is 0. The number of carbonyl (C=O) groups excluding carboxylic acids is 1. The monoisotopic (exact) mass is 303 g/mol. The molecule has 0 aliphatic carbocycles. The molecule has 1 heterocycles. The van der Waals surface area contributed by atoms with Gasteiger partial charge < -0.3 is 15.6 Å². The maximum atomic E-state index is 11.6. The molecule has 0 radical (unpaired) electrons. The van der Waals surface area contributed by atoms with E-state index in [-0.39, 0.29) is 18.3 Å². The number of nitrogens with one attached hydrogen (secondary N) is 1. The van der Waals surface area contributed by atoms with E-state index < -0.39 is 0 Å². The fourth-order valence-corrected chi connectivity index (χ4v) is 2.06. The zero-order chi connectivity index (χ0) is 14.1. The molecule has 0 fully saturated rings. The molecule has 20 heavy (non-hydrogen) atoms. The molecule has 0 aliphatic heterocycles. The van der Waals surface area contributed by atoms with Crippen molar-refractivity contribution in [3.8, 4) is 0 Å². The zero-order valence-electron chi connectivity index (χ0n) is 12.4. The van der Waals surface area contributed by atoms with Gasteiger partial charge in [-0.2, -0.15) is 0 Å². The molecule has 1 amide bonds. The Labute approximate surface area is 127 Å². The first kappa shape index (κ1) is 18.9. The molecular formula is C14H26ClN3O2. The standard InChI is InChI=1S/C14H25N3O2.ClH/c1-11-13(12(2)19-17-11)8-10-16-14(18)7-5-3-4-6-9-15;/h3-10,15H2,1-2H3,(H,16,18);1H. The number of rotatable bonds is 9. The van der Waals surface area contributed by atoms with Crippen LogP contribution in [0.2, 0.25) is 0 Å². The van der Waals surface area contributed by atoms with Gasteiger partial charge in [0.2, 0.25) is 5.91 Å². The number of hydrogen-bond acceptors (Lipinski definition) is 4. The summed E-state index contributed by atoms with van der Waals surface area (Å²) in [5.74, 6) is 0.966. The van der Waals surface area contributed by atoms with E-state index in [0.29, 0.717) is 13.0 Å². The summed E-state index contributed by atoms with van der Waals surface area (Å²) >= 11 is 0. The van der Waals surface area contributed by atoms with Crippen LogP contribution in [0.5, 0.6) is 0 Å². The molecule has 0 bridgehead atoms. The summed E-state index contributed by atoms with van der Waals surface area (Å²) in [6, 6.07) is 0. The normalized spacial score (nSPS) is 10.2. The van der Waals surface area contributed by atoms with Gasteiger partial charge in [0.15, 0.2) is 0 Å². The molecule has 0 saturated heterocycles. The van der Waals surface area contributed by atoms with Crippen molar-refractivity contribution in [3.05, 3.63) is 17.0 Å². The number of aromatic nitrogens is 1. The average Bonchev–Trinajstić information content (AvgIpc) is 2.70. The Bertz CT molecular complexity index is 374. The van der Waals surface area contributed by atoms with E-state index in [2.05, 4.69) is 10.5 Å². The van der Waals surface area contributed by atoms with Crippen LogP contribution >= 0.6 is 12.4 Å². The van der Waals surface area contributed by atoms with Crippen molar-refractivity contribution in [2.75, 3.05) is 13.1 Å². The third-order valence-corrected chi connectivity index (χ3v) is 3.24. The van der Waals surface area contributed by atoms with E-state index in [1.165, 1.54) is 0 Å². The van der Waals surface area contributed by atoms with E-state index in [9.17, 15) is 4.79 Å². The number of nitrogens with zero attached hydrogens (tertiary/aromatic N) is 1. The lowest BCUT2D eigenvalue weighted by Crippen LogP contribution is -2.25. The maximum Gasteiger partial charge on any atom is 0.220 e. The molecule has 1 aromatic rings. The molecule has 1 aromatic heterocycles. The van der Waals surface area contributed by atoms with Gasteiger partial charge in [0.1, 0.15) is 5.76 Å². The van der Waals surface area contributed by atoms with E-state index in [0.717, 1.165) is 55.7 Å². The Morgan fingerprint density at radius 1 is 1.25 bits per heavy atom. The summed E-state index contributed by atoms with van der Waals surface area (Å²) in [5.41, 5.74) is 7.43. The number of hydrogen-bond donors (Lipinski definition) is 2. The number of carbonyl (C=O) groups is 1. The van der Waals surface area contributed by atoms with E-state index in [1.807, 2.05) is 13.8 Å². The van der Waals surface area contributed by atoms with Gasteiger partial charge in [-0.25, -0.2) is 0 Å². The summed E-state index contributed by atoms with van der Waals surface area (Å²) < 4.78 is 5.08. The highest BCUT2D eigenvalue weighted by Gasteiger charge is 2.08. The fraction of sp³-hybridized carbons (Fsp3) is 0.714. The van der Waals surface area contributed by atoms with Crippen LogP contribution in [0.25, 0.3) is 0 Å². The van der Waals surface area contributed by atoms with Crippen molar-refractivity contribution in [2.24, 2.45) is 5.73 Å². The number of unbranched alkanes of at least 4 members (excludes halogenated alkanes) is 3. The molecule has 6 heteroatoms. The van der Waals surface area contributed by atoms with Crippen LogP contribution in [-0.4, -0.2) is 24.2 Å². The third kappa shape index (κ3) is 6.91. The molecule has 0 aliphatic rings. The van der Waals surface area contributed by atoms with Crippen molar-refractivity contribution >= 4 is 18.3 Å². The molecule has 116 valence electrons. The summed E-state index contributed by atoms with van der Waals surface area (Å²) in [6.07, 6.45) is 5.56. The Morgan fingerprint density at radius 2 is 1.95 bits per heavy atom.